The highest BCUT2D eigenvalue weighted by Gasteiger charge is 2.20. The minimum Gasteiger partial charge on any atom is -0.412 e. The molecule has 0 radical (unpaired) electrons. The van der Waals surface area contributed by atoms with Crippen LogP contribution < -0.4 is 11.2 Å². The summed E-state index contributed by atoms with van der Waals surface area (Å²) in [4.78, 5) is 33.1. The number of rotatable bonds is 4. The zero-order valence-corrected chi connectivity index (χ0v) is 10.3. The number of furan rings is 1. The fourth-order valence-electron chi connectivity index (χ4n) is 1.48. The molecule has 0 saturated carbocycles. The van der Waals surface area contributed by atoms with Crippen LogP contribution in [-0.4, -0.2) is 35.0 Å². The van der Waals surface area contributed by atoms with E-state index in [0.717, 1.165) is 12.1 Å². The van der Waals surface area contributed by atoms with Crippen LogP contribution in [0.2, 0.25) is 0 Å². The number of aliphatic hydroxyl groups is 2. The lowest BCUT2D eigenvalue weighted by Crippen LogP contribution is -2.42. The Hall–Kier alpha value is -2.83. The van der Waals surface area contributed by atoms with Crippen molar-refractivity contribution < 1.29 is 25.0 Å². The summed E-state index contributed by atoms with van der Waals surface area (Å²) >= 11 is 0. The lowest BCUT2D eigenvalue weighted by Gasteiger charge is -2.06. The summed E-state index contributed by atoms with van der Waals surface area (Å²) in [6.45, 7) is -1.77. The molecule has 12 nitrogen and oxygen atoms in total. The Morgan fingerprint density at radius 1 is 1.29 bits per heavy atom. The van der Waals surface area contributed by atoms with Crippen molar-refractivity contribution in [2.45, 2.75) is 13.5 Å². The number of aromatic nitrogens is 3. The Kier molecular flexibility index (Phi) is 4.70. The molecule has 0 unspecified atom stereocenters. The average molecular weight is 302 g/mol. The summed E-state index contributed by atoms with van der Waals surface area (Å²) < 4.78 is 5.69. The van der Waals surface area contributed by atoms with E-state index in [4.69, 9.17) is 14.6 Å². The van der Waals surface area contributed by atoms with Crippen LogP contribution in [0.25, 0.3) is 11.5 Å². The largest absolute Gasteiger partial charge is 0.433 e. The summed E-state index contributed by atoms with van der Waals surface area (Å²) in [6.07, 6.45) is 0. The van der Waals surface area contributed by atoms with Gasteiger partial charge in [0.25, 0.3) is 5.56 Å². The third kappa shape index (κ3) is 2.71. The van der Waals surface area contributed by atoms with E-state index in [1.165, 1.54) is 0 Å². The molecule has 21 heavy (non-hydrogen) atoms. The van der Waals surface area contributed by atoms with Crippen LogP contribution in [0, 0.1) is 10.1 Å². The minimum absolute atomic E-state index is 0. The van der Waals surface area contributed by atoms with Crippen molar-refractivity contribution in [2.75, 3.05) is 0 Å². The lowest BCUT2D eigenvalue weighted by molar-refractivity contribution is -0.401. The monoisotopic (exact) mass is 302 g/mol. The highest BCUT2D eigenvalue weighted by molar-refractivity contribution is 5.51. The van der Waals surface area contributed by atoms with Crippen molar-refractivity contribution in [3.05, 3.63) is 43.1 Å². The molecular formula is C9H10N4O8. The van der Waals surface area contributed by atoms with Crippen molar-refractivity contribution >= 4 is 5.88 Å². The maximum Gasteiger partial charge on any atom is 0.433 e. The molecule has 0 amide bonds. The Bertz CT molecular complexity index is 773. The quantitative estimate of drug-likeness (QED) is 0.464. The number of hydrogen-bond acceptors (Lipinski definition) is 8. The van der Waals surface area contributed by atoms with Crippen LogP contribution in [0.4, 0.5) is 5.88 Å². The van der Waals surface area contributed by atoms with Gasteiger partial charge in [-0.2, -0.15) is 9.78 Å². The topological polar surface area (TPSA) is 185 Å². The van der Waals surface area contributed by atoms with Gasteiger partial charge in [0.15, 0.2) is 11.5 Å². The van der Waals surface area contributed by atoms with Crippen LogP contribution in [0.1, 0.15) is 0 Å². The van der Waals surface area contributed by atoms with E-state index in [1.54, 1.807) is 0 Å². The first-order valence-electron chi connectivity index (χ1n) is 5.18. The van der Waals surface area contributed by atoms with Crippen molar-refractivity contribution in [3.63, 3.8) is 0 Å². The molecule has 0 atom stereocenters. The molecule has 12 heteroatoms. The van der Waals surface area contributed by atoms with Crippen LogP contribution in [-0.2, 0) is 13.5 Å². The van der Waals surface area contributed by atoms with Crippen molar-refractivity contribution in [3.8, 4) is 11.5 Å². The molecule has 4 N–H and O–H groups in total. The first kappa shape index (κ1) is 16.2. The smallest absolute Gasteiger partial charge is 0.412 e. The first-order chi connectivity index (χ1) is 9.49. The summed E-state index contributed by atoms with van der Waals surface area (Å²) in [5, 5.41) is 32.0. The first-order valence-corrected chi connectivity index (χ1v) is 5.18. The van der Waals surface area contributed by atoms with Crippen LogP contribution >= 0.6 is 0 Å². The zero-order valence-electron chi connectivity index (χ0n) is 10.3. The molecular weight excluding hydrogens is 292 g/mol. The standard InChI is InChI=1S/C9H8N4O7.H2O/c14-3-11-8(16)7(10-12(4-15)9(11)17)5-1-2-6(20-5)13(18)19;/h1-2,14-15H,3-4H2;1H2. The van der Waals surface area contributed by atoms with Crippen LogP contribution in [0.5, 0.6) is 0 Å². The molecule has 2 rings (SSSR count). The second kappa shape index (κ2) is 6.08. The predicted octanol–water partition coefficient (Wildman–Crippen LogP) is -2.35. The molecule has 114 valence electrons. The Morgan fingerprint density at radius 2 is 1.95 bits per heavy atom. The SMILES string of the molecule is O.O=c1c(-c2ccc([N+](=O)[O-])o2)nn(CO)c(=O)n1CO. The van der Waals surface area contributed by atoms with Gasteiger partial charge >= 0.3 is 11.6 Å². The van der Waals surface area contributed by atoms with Gasteiger partial charge in [-0.25, -0.2) is 9.36 Å². The Morgan fingerprint density at radius 3 is 2.43 bits per heavy atom. The van der Waals surface area contributed by atoms with Gasteiger partial charge in [-0.05, 0) is 6.07 Å². The van der Waals surface area contributed by atoms with Crippen molar-refractivity contribution in [2.24, 2.45) is 0 Å². The fourth-order valence-corrected chi connectivity index (χ4v) is 1.48. The molecule has 0 saturated heterocycles. The van der Waals surface area contributed by atoms with Crippen LogP contribution in [0.15, 0.2) is 26.1 Å². The van der Waals surface area contributed by atoms with E-state index >= 15 is 0 Å². The number of nitro groups is 1. The average Bonchev–Trinajstić information content (AvgIpc) is 2.89. The van der Waals surface area contributed by atoms with E-state index in [1.807, 2.05) is 0 Å². The highest BCUT2D eigenvalue weighted by Crippen LogP contribution is 2.21. The molecule has 0 aliphatic carbocycles. The van der Waals surface area contributed by atoms with E-state index in [9.17, 15) is 19.7 Å². The Labute approximate surface area is 114 Å². The summed E-state index contributed by atoms with van der Waals surface area (Å²) in [7, 11) is 0. The maximum absolute atomic E-state index is 11.9. The van der Waals surface area contributed by atoms with E-state index in [0.29, 0.717) is 9.25 Å². The number of nitrogens with zero attached hydrogens (tertiary/aromatic N) is 4. The zero-order chi connectivity index (χ0) is 14.9. The van der Waals surface area contributed by atoms with E-state index < -0.39 is 41.2 Å². The van der Waals surface area contributed by atoms with Gasteiger partial charge in [0, 0.05) is 0 Å². The van der Waals surface area contributed by atoms with Gasteiger partial charge in [-0.3, -0.25) is 14.9 Å². The summed E-state index contributed by atoms with van der Waals surface area (Å²) in [6, 6.07) is 2.13. The predicted molar refractivity (Wildman–Crippen MR) is 65.2 cm³/mol. The third-order valence-corrected chi connectivity index (χ3v) is 2.40. The van der Waals surface area contributed by atoms with Gasteiger partial charge in [-0.15, -0.1) is 0 Å². The van der Waals surface area contributed by atoms with Gasteiger partial charge in [0.1, 0.15) is 18.4 Å². The number of aliphatic hydroxyl groups excluding tert-OH is 2. The van der Waals surface area contributed by atoms with Gasteiger partial charge < -0.3 is 20.1 Å². The van der Waals surface area contributed by atoms with Crippen molar-refractivity contribution in [1.82, 2.24) is 14.3 Å². The molecule has 2 heterocycles. The molecule has 2 aromatic rings. The summed E-state index contributed by atoms with van der Waals surface area (Å²) in [5.74, 6) is -0.871. The van der Waals surface area contributed by atoms with E-state index in [-0.39, 0.29) is 11.2 Å². The van der Waals surface area contributed by atoms with Gasteiger partial charge in [0.2, 0.25) is 0 Å². The van der Waals surface area contributed by atoms with Crippen molar-refractivity contribution in [1.29, 1.82) is 0 Å². The molecule has 0 spiro atoms. The molecule has 0 fully saturated rings. The minimum atomic E-state index is -1.02. The van der Waals surface area contributed by atoms with Crippen LogP contribution in [0.3, 0.4) is 0 Å². The fraction of sp³-hybridized carbons (Fsp3) is 0.222. The molecule has 0 aliphatic rings. The third-order valence-electron chi connectivity index (χ3n) is 2.40. The van der Waals surface area contributed by atoms with Gasteiger partial charge in [-0.1, -0.05) is 0 Å². The highest BCUT2D eigenvalue weighted by atomic mass is 16.6. The molecule has 0 aromatic carbocycles. The second-order valence-corrected chi connectivity index (χ2v) is 3.54. The normalized spacial score (nSPS) is 10.2. The number of hydrogen-bond donors (Lipinski definition) is 2. The second-order valence-electron chi connectivity index (χ2n) is 3.54. The molecule has 2 aromatic heterocycles. The molecule has 0 aliphatic heterocycles. The maximum atomic E-state index is 11.9. The van der Waals surface area contributed by atoms with E-state index in [2.05, 4.69) is 5.10 Å². The molecule has 0 bridgehead atoms. The lowest BCUT2D eigenvalue weighted by atomic mass is 10.3. The summed E-state index contributed by atoms with van der Waals surface area (Å²) in [5.41, 5.74) is -2.46. The van der Waals surface area contributed by atoms with Gasteiger partial charge in [0.05, 0.1) is 6.07 Å². The Balaban J connectivity index is 0.00000220.